The summed E-state index contributed by atoms with van der Waals surface area (Å²) in [7, 11) is -2.84. The Morgan fingerprint density at radius 1 is 0.448 bits per heavy atom. The van der Waals surface area contributed by atoms with E-state index in [9.17, 15) is 0 Å². The Morgan fingerprint density at radius 3 is 0.759 bits per heavy atom. The van der Waals surface area contributed by atoms with Crippen molar-refractivity contribution in [3.63, 3.8) is 0 Å². The molecule has 0 bridgehead atoms. The van der Waals surface area contributed by atoms with Crippen molar-refractivity contribution in [1.29, 1.82) is 0 Å². The van der Waals surface area contributed by atoms with Gasteiger partial charge in [0.1, 0.15) is 0 Å². The summed E-state index contributed by atoms with van der Waals surface area (Å²) in [5.41, 5.74) is 0. The molecular weight excluding hydrogens is 655 g/mol. The Labute approximate surface area is 215 Å². The fraction of sp³-hybridized carbons (Fsp3) is 0. The average Bonchev–Trinajstić information content (AvgIpc) is 2.71. The summed E-state index contributed by atoms with van der Waals surface area (Å²) >= 11 is 9.93. The van der Waals surface area contributed by atoms with Crippen LogP contribution in [0.5, 0.6) is 0 Å². The van der Waals surface area contributed by atoms with E-state index in [0.29, 0.717) is 0 Å². The normalized spacial score (nSPS) is 10.1. The summed E-state index contributed by atoms with van der Waals surface area (Å²) in [6.45, 7) is 0. The molecule has 29 heavy (non-hydrogen) atoms. The number of hydrogen-bond acceptors (Lipinski definition) is 3. The molecule has 0 aromatic heterocycles. The van der Waals surface area contributed by atoms with Crippen LogP contribution in [-0.2, 0) is 24.0 Å². The van der Waals surface area contributed by atoms with E-state index in [1.54, 1.807) is 0 Å². The molecular formula is C18H21Br3O4Si3V. The van der Waals surface area contributed by atoms with Crippen LogP contribution in [0.3, 0.4) is 0 Å². The zero-order valence-corrected chi connectivity index (χ0v) is 25.8. The number of rotatable bonds is 3. The van der Waals surface area contributed by atoms with Crippen molar-refractivity contribution in [2.75, 3.05) is 0 Å². The third-order valence-electron chi connectivity index (χ3n) is 3.29. The molecule has 3 aromatic rings. The number of benzene rings is 3. The quantitative estimate of drug-likeness (QED) is 0.350. The topological polar surface area (TPSA) is 89.2 Å². The Kier molecular flexibility index (Phi) is 20.4. The van der Waals surface area contributed by atoms with Crippen molar-refractivity contribution >= 4 is 92.6 Å². The van der Waals surface area contributed by atoms with Crippen LogP contribution in [0.4, 0.5) is 0 Å². The van der Waals surface area contributed by atoms with Crippen molar-refractivity contribution in [3.8, 4) is 0 Å². The molecule has 1 radical (unpaired) electrons. The zero-order chi connectivity index (χ0) is 20.1. The maximum atomic E-state index is 8.75. The molecule has 0 spiro atoms. The van der Waals surface area contributed by atoms with Gasteiger partial charge in [-0.3, -0.25) is 0 Å². The minimum absolute atomic E-state index is 0. The van der Waals surface area contributed by atoms with E-state index in [4.69, 9.17) is 14.4 Å². The molecule has 3 N–H and O–H groups in total. The first-order valence-corrected chi connectivity index (χ1v) is 14.4. The molecule has 0 aliphatic carbocycles. The Hall–Kier alpha value is 0.175. The van der Waals surface area contributed by atoms with Crippen LogP contribution >= 0.6 is 47.8 Å². The standard InChI is InChI=1S/3C6H7BrOSi.O.V/c3*7-5-1-3-6(9-8)4-2-5;;/h3*1-4,8H,9H2;;/q;;;-2;+2. The predicted molar refractivity (Wildman–Crippen MR) is 134 cm³/mol. The summed E-state index contributed by atoms with van der Waals surface area (Å²) < 4.78 is 3.19. The second-order valence-electron chi connectivity index (χ2n) is 5.35. The molecule has 0 heterocycles. The van der Waals surface area contributed by atoms with Crippen molar-refractivity contribution in [1.82, 2.24) is 0 Å². The van der Waals surface area contributed by atoms with Crippen LogP contribution in [0.25, 0.3) is 0 Å². The van der Waals surface area contributed by atoms with Crippen LogP contribution in [0, 0.1) is 0 Å². The SMILES string of the molecule is O[SiH2]c1ccc(Br)cc1.O[SiH2]c1ccc(Br)cc1.O[SiH2]c1ccc(Br)cc1.[O-2].[V+2]. The van der Waals surface area contributed by atoms with E-state index in [0.717, 1.165) is 29.0 Å². The van der Waals surface area contributed by atoms with Gasteiger partial charge in [-0.15, -0.1) is 0 Å². The van der Waals surface area contributed by atoms with E-state index in [1.165, 1.54) is 0 Å². The molecule has 0 aliphatic heterocycles. The summed E-state index contributed by atoms with van der Waals surface area (Å²) in [4.78, 5) is 26.3. The minimum Gasteiger partial charge on any atom is -2.00 e. The third kappa shape index (κ3) is 14.8. The molecule has 0 atom stereocenters. The van der Waals surface area contributed by atoms with Gasteiger partial charge in [-0.05, 0) is 52.0 Å². The first kappa shape index (κ1) is 31.4. The van der Waals surface area contributed by atoms with Crippen molar-refractivity contribution < 1.29 is 38.4 Å². The Morgan fingerprint density at radius 2 is 0.621 bits per heavy atom. The molecule has 0 saturated heterocycles. The van der Waals surface area contributed by atoms with Gasteiger partial charge in [-0.25, -0.2) is 0 Å². The molecule has 4 nitrogen and oxygen atoms in total. The monoisotopic (exact) mass is 673 g/mol. The molecule has 0 unspecified atom stereocenters. The van der Waals surface area contributed by atoms with Crippen LogP contribution in [0.2, 0.25) is 0 Å². The molecule has 0 saturated carbocycles. The van der Waals surface area contributed by atoms with E-state index in [-0.39, 0.29) is 24.0 Å². The first-order chi connectivity index (χ1) is 13.0. The van der Waals surface area contributed by atoms with E-state index in [2.05, 4.69) is 47.8 Å². The number of hydrogen-bond donors (Lipinski definition) is 3. The fourth-order valence-electron chi connectivity index (χ4n) is 1.77. The first-order valence-electron chi connectivity index (χ1n) is 8.04. The van der Waals surface area contributed by atoms with Crippen LogP contribution < -0.4 is 15.6 Å². The van der Waals surface area contributed by atoms with Gasteiger partial charge in [-0.1, -0.05) is 84.2 Å². The Balaban J connectivity index is 0. The number of halogens is 3. The van der Waals surface area contributed by atoms with Crippen LogP contribution in [-0.4, -0.2) is 43.7 Å². The molecule has 0 fully saturated rings. The van der Waals surface area contributed by atoms with Gasteiger partial charge in [-0.2, -0.15) is 0 Å². The van der Waals surface area contributed by atoms with Crippen LogP contribution in [0.15, 0.2) is 86.2 Å². The summed E-state index contributed by atoms with van der Waals surface area (Å²) in [6.07, 6.45) is 0. The molecule has 3 rings (SSSR count). The van der Waals surface area contributed by atoms with E-state index < -0.39 is 29.3 Å². The molecule has 3 aromatic carbocycles. The van der Waals surface area contributed by atoms with Gasteiger partial charge >= 0.3 is 18.6 Å². The second-order valence-corrected chi connectivity index (χ2v) is 11.5. The van der Waals surface area contributed by atoms with Gasteiger partial charge in [0.2, 0.25) is 0 Å². The largest absolute Gasteiger partial charge is 2.00 e. The summed E-state index contributed by atoms with van der Waals surface area (Å²) in [6, 6.07) is 23.3. The minimum atomic E-state index is -0.946. The van der Waals surface area contributed by atoms with Crippen molar-refractivity contribution in [2.24, 2.45) is 0 Å². The van der Waals surface area contributed by atoms with E-state index in [1.807, 2.05) is 72.8 Å². The molecule has 0 amide bonds. The third-order valence-corrected chi connectivity index (χ3v) is 7.38. The second kappa shape index (κ2) is 18.9. The summed E-state index contributed by atoms with van der Waals surface area (Å²) in [5, 5.41) is 3.24. The van der Waals surface area contributed by atoms with Gasteiger partial charge in [0.15, 0.2) is 29.3 Å². The fourth-order valence-corrected chi connectivity index (χ4v) is 3.90. The van der Waals surface area contributed by atoms with Crippen molar-refractivity contribution in [3.05, 3.63) is 86.2 Å². The molecule has 11 heteroatoms. The van der Waals surface area contributed by atoms with Gasteiger partial charge in [0.25, 0.3) is 0 Å². The molecule has 0 aliphatic rings. The van der Waals surface area contributed by atoms with Crippen molar-refractivity contribution in [2.45, 2.75) is 0 Å². The Bertz CT molecular complexity index is 672. The zero-order valence-electron chi connectivity index (χ0n) is 15.4. The summed E-state index contributed by atoms with van der Waals surface area (Å²) in [5.74, 6) is 0. The average molecular weight is 676 g/mol. The van der Waals surface area contributed by atoms with Gasteiger partial charge in [0, 0.05) is 13.4 Å². The van der Waals surface area contributed by atoms with Crippen LogP contribution in [0.1, 0.15) is 0 Å². The smallest absolute Gasteiger partial charge is 2.00 e. The van der Waals surface area contributed by atoms with Gasteiger partial charge < -0.3 is 19.9 Å². The molecule has 155 valence electrons. The van der Waals surface area contributed by atoms with E-state index >= 15 is 0 Å². The maximum absolute atomic E-state index is 8.75. The predicted octanol–water partition coefficient (Wildman–Crippen LogP) is 0.330. The maximum Gasteiger partial charge on any atom is 2.00 e. The van der Waals surface area contributed by atoms with Gasteiger partial charge in [0.05, 0.1) is 0 Å².